The molecule has 0 radical (unpaired) electrons. The van der Waals surface area contributed by atoms with Crippen LogP contribution in [0.1, 0.15) is 16.1 Å². The van der Waals surface area contributed by atoms with Crippen LogP contribution in [0.2, 0.25) is 0 Å². The fraction of sp³-hybridized carbons (Fsp3) is 0.143. The van der Waals surface area contributed by atoms with Gasteiger partial charge in [0, 0.05) is 30.4 Å². The van der Waals surface area contributed by atoms with Crippen LogP contribution in [0, 0.1) is 0 Å². The Kier molecular flexibility index (Phi) is 5.83. The Hall–Kier alpha value is -3.34. The van der Waals surface area contributed by atoms with E-state index in [0.717, 1.165) is 11.4 Å². The summed E-state index contributed by atoms with van der Waals surface area (Å²) in [5.74, 6) is 2.03. The Bertz CT molecular complexity index is 831. The molecule has 1 N–H and O–H groups in total. The molecule has 0 unspecified atom stereocenters. The van der Waals surface area contributed by atoms with E-state index in [9.17, 15) is 4.79 Å². The van der Waals surface area contributed by atoms with Gasteiger partial charge in [-0.3, -0.25) is 9.78 Å². The minimum absolute atomic E-state index is 0.114. The number of hydrogen-bond acceptors (Lipinski definition) is 4. The average Bonchev–Trinajstić information content (AvgIpc) is 2.70. The van der Waals surface area contributed by atoms with Crippen LogP contribution in [0.15, 0.2) is 72.9 Å². The van der Waals surface area contributed by atoms with Gasteiger partial charge in [0.25, 0.3) is 5.91 Å². The van der Waals surface area contributed by atoms with Crippen molar-refractivity contribution in [2.45, 2.75) is 6.42 Å². The van der Waals surface area contributed by atoms with E-state index in [4.69, 9.17) is 9.47 Å². The summed E-state index contributed by atoms with van der Waals surface area (Å²) >= 11 is 0. The van der Waals surface area contributed by atoms with Crippen molar-refractivity contribution in [3.8, 4) is 17.2 Å². The first-order chi connectivity index (χ1) is 12.7. The summed E-state index contributed by atoms with van der Waals surface area (Å²) in [5.41, 5.74) is 1.55. The molecule has 0 saturated heterocycles. The number of pyridine rings is 1. The van der Waals surface area contributed by atoms with E-state index in [1.165, 1.54) is 0 Å². The molecular formula is C21H20N2O3. The van der Waals surface area contributed by atoms with E-state index in [1.54, 1.807) is 37.6 Å². The van der Waals surface area contributed by atoms with Crippen molar-refractivity contribution in [2.24, 2.45) is 0 Å². The predicted octanol–water partition coefficient (Wildman–Crippen LogP) is 3.86. The minimum Gasteiger partial charge on any atom is -0.497 e. The minimum atomic E-state index is -0.114. The summed E-state index contributed by atoms with van der Waals surface area (Å²) < 4.78 is 10.9. The monoisotopic (exact) mass is 348 g/mol. The van der Waals surface area contributed by atoms with Crippen molar-refractivity contribution in [1.82, 2.24) is 10.3 Å². The van der Waals surface area contributed by atoms with Crippen molar-refractivity contribution in [2.75, 3.05) is 13.7 Å². The van der Waals surface area contributed by atoms with Crippen LogP contribution in [0.25, 0.3) is 0 Å². The van der Waals surface area contributed by atoms with E-state index in [0.29, 0.717) is 30.0 Å². The number of amides is 1. The number of aromatic nitrogens is 1. The van der Waals surface area contributed by atoms with Gasteiger partial charge in [0.05, 0.1) is 7.11 Å². The lowest BCUT2D eigenvalue weighted by molar-refractivity contribution is 0.0954. The number of benzene rings is 2. The molecule has 1 heterocycles. The molecule has 26 heavy (non-hydrogen) atoms. The molecular weight excluding hydrogens is 328 g/mol. The molecule has 0 aliphatic heterocycles. The third kappa shape index (κ3) is 4.83. The quantitative estimate of drug-likeness (QED) is 0.704. The molecule has 2 aromatic carbocycles. The molecule has 0 bridgehead atoms. The van der Waals surface area contributed by atoms with Gasteiger partial charge in [-0.25, -0.2) is 0 Å². The van der Waals surface area contributed by atoms with Gasteiger partial charge in [0.2, 0.25) is 0 Å². The Labute approximate surface area is 152 Å². The van der Waals surface area contributed by atoms with Crippen molar-refractivity contribution < 1.29 is 14.3 Å². The first-order valence-corrected chi connectivity index (χ1v) is 8.35. The van der Waals surface area contributed by atoms with E-state index >= 15 is 0 Å². The fourth-order valence-electron chi connectivity index (χ4n) is 2.41. The predicted molar refractivity (Wildman–Crippen MR) is 99.8 cm³/mol. The zero-order valence-corrected chi connectivity index (χ0v) is 14.5. The molecule has 1 amide bonds. The second kappa shape index (κ2) is 8.67. The molecule has 0 atom stereocenters. The SMILES string of the molecule is COc1ccc(Oc2ccc(C(=O)NCCc3ccccn3)cc2)cc1. The number of carbonyl (C=O) groups is 1. The second-order valence-corrected chi connectivity index (χ2v) is 5.63. The van der Waals surface area contributed by atoms with Crippen molar-refractivity contribution in [1.29, 1.82) is 0 Å². The Balaban J connectivity index is 1.52. The summed E-state index contributed by atoms with van der Waals surface area (Å²) in [7, 11) is 1.62. The molecule has 3 aromatic rings. The highest BCUT2D eigenvalue weighted by molar-refractivity contribution is 5.94. The maximum Gasteiger partial charge on any atom is 0.251 e. The van der Waals surface area contributed by atoms with E-state index in [1.807, 2.05) is 42.5 Å². The Morgan fingerprint density at radius 3 is 2.19 bits per heavy atom. The number of carbonyl (C=O) groups excluding carboxylic acids is 1. The molecule has 0 saturated carbocycles. The van der Waals surface area contributed by atoms with Crippen LogP contribution in [-0.2, 0) is 6.42 Å². The highest BCUT2D eigenvalue weighted by Crippen LogP contribution is 2.24. The van der Waals surface area contributed by atoms with Crippen molar-refractivity contribution in [3.63, 3.8) is 0 Å². The summed E-state index contributed by atoms with van der Waals surface area (Å²) in [4.78, 5) is 16.4. The number of ether oxygens (including phenoxy) is 2. The zero-order chi connectivity index (χ0) is 18.2. The average molecular weight is 348 g/mol. The number of nitrogens with one attached hydrogen (secondary N) is 1. The highest BCUT2D eigenvalue weighted by Gasteiger charge is 2.06. The summed E-state index contributed by atoms with van der Waals surface area (Å²) in [5, 5.41) is 2.90. The third-order valence-corrected chi connectivity index (χ3v) is 3.80. The van der Waals surface area contributed by atoms with Crippen LogP contribution in [0.5, 0.6) is 17.2 Å². The number of hydrogen-bond donors (Lipinski definition) is 1. The van der Waals surface area contributed by atoms with Gasteiger partial charge < -0.3 is 14.8 Å². The lowest BCUT2D eigenvalue weighted by Gasteiger charge is -2.08. The van der Waals surface area contributed by atoms with Gasteiger partial charge in [-0.05, 0) is 60.7 Å². The molecule has 5 heteroatoms. The Morgan fingerprint density at radius 1 is 0.923 bits per heavy atom. The Morgan fingerprint density at radius 2 is 1.58 bits per heavy atom. The van der Waals surface area contributed by atoms with Gasteiger partial charge in [-0.2, -0.15) is 0 Å². The van der Waals surface area contributed by atoms with E-state index < -0.39 is 0 Å². The lowest BCUT2D eigenvalue weighted by Crippen LogP contribution is -2.25. The van der Waals surface area contributed by atoms with Gasteiger partial charge in [-0.15, -0.1) is 0 Å². The molecule has 0 aliphatic rings. The van der Waals surface area contributed by atoms with Crippen LogP contribution in [0.3, 0.4) is 0 Å². The molecule has 0 spiro atoms. The lowest BCUT2D eigenvalue weighted by atomic mass is 10.2. The normalized spacial score (nSPS) is 10.2. The number of nitrogens with zero attached hydrogens (tertiary/aromatic N) is 1. The highest BCUT2D eigenvalue weighted by atomic mass is 16.5. The van der Waals surface area contributed by atoms with Crippen LogP contribution < -0.4 is 14.8 Å². The summed E-state index contributed by atoms with van der Waals surface area (Å²) in [6.45, 7) is 0.542. The molecule has 1 aromatic heterocycles. The van der Waals surface area contributed by atoms with Gasteiger partial charge in [-0.1, -0.05) is 6.07 Å². The van der Waals surface area contributed by atoms with Gasteiger partial charge in [0.1, 0.15) is 17.2 Å². The second-order valence-electron chi connectivity index (χ2n) is 5.63. The topological polar surface area (TPSA) is 60.5 Å². The molecule has 5 nitrogen and oxygen atoms in total. The summed E-state index contributed by atoms with van der Waals surface area (Å²) in [6.07, 6.45) is 2.45. The molecule has 132 valence electrons. The summed E-state index contributed by atoms with van der Waals surface area (Å²) in [6, 6.07) is 20.1. The first kappa shape index (κ1) is 17.5. The van der Waals surface area contributed by atoms with E-state index in [2.05, 4.69) is 10.3 Å². The maximum absolute atomic E-state index is 12.2. The van der Waals surface area contributed by atoms with Gasteiger partial charge >= 0.3 is 0 Å². The van der Waals surface area contributed by atoms with E-state index in [-0.39, 0.29) is 5.91 Å². The van der Waals surface area contributed by atoms with Gasteiger partial charge in [0.15, 0.2) is 0 Å². The number of methoxy groups -OCH3 is 1. The van der Waals surface area contributed by atoms with Crippen LogP contribution in [0.4, 0.5) is 0 Å². The molecule has 0 fully saturated rings. The standard InChI is InChI=1S/C21H20N2O3/c1-25-18-9-11-20(12-10-18)26-19-7-5-16(6-8-19)21(24)23-15-13-17-4-2-3-14-22-17/h2-12,14H,13,15H2,1H3,(H,23,24). The maximum atomic E-state index is 12.2. The fourth-order valence-corrected chi connectivity index (χ4v) is 2.41. The van der Waals surface area contributed by atoms with Crippen LogP contribution >= 0.6 is 0 Å². The van der Waals surface area contributed by atoms with Crippen LogP contribution in [-0.4, -0.2) is 24.5 Å². The molecule has 0 aliphatic carbocycles. The molecule has 3 rings (SSSR count). The zero-order valence-electron chi connectivity index (χ0n) is 14.5. The third-order valence-electron chi connectivity index (χ3n) is 3.80. The largest absolute Gasteiger partial charge is 0.497 e. The smallest absolute Gasteiger partial charge is 0.251 e. The number of rotatable bonds is 7. The van der Waals surface area contributed by atoms with Crippen molar-refractivity contribution >= 4 is 5.91 Å². The van der Waals surface area contributed by atoms with Crippen molar-refractivity contribution in [3.05, 3.63) is 84.2 Å². The first-order valence-electron chi connectivity index (χ1n) is 8.35.